The summed E-state index contributed by atoms with van der Waals surface area (Å²) in [6, 6.07) is 6.95. The molecule has 0 aliphatic carbocycles. The summed E-state index contributed by atoms with van der Waals surface area (Å²) < 4.78 is 17.6. The molecule has 0 aliphatic rings. The predicted octanol–water partition coefficient (Wildman–Crippen LogP) is 3.45. The minimum absolute atomic E-state index is 0.277. The van der Waals surface area contributed by atoms with Crippen LogP contribution in [0.25, 0.3) is 11.0 Å². The van der Waals surface area contributed by atoms with Gasteiger partial charge < -0.3 is 4.57 Å². The van der Waals surface area contributed by atoms with Gasteiger partial charge in [-0.2, -0.15) is 5.10 Å². The molecule has 0 amide bonds. The van der Waals surface area contributed by atoms with E-state index in [1.807, 2.05) is 36.9 Å². The Hall–Kier alpha value is -1.88. The molecular weight excluding hydrogens is 291 g/mol. The van der Waals surface area contributed by atoms with Crippen molar-refractivity contribution in [3.8, 4) is 0 Å². The third-order valence-corrected chi connectivity index (χ3v) is 3.67. The van der Waals surface area contributed by atoms with E-state index < -0.39 is 0 Å². The van der Waals surface area contributed by atoms with Gasteiger partial charge in [0, 0.05) is 26.2 Å². The third-order valence-electron chi connectivity index (χ3n) is 3.48. The van der Waals surface area contributed by atoms with Gasteiger partial charge in [-0.25, -0.2) is 9.37 Å². The standard InChI is InChI=1S/C15H16ClFN4/c1-10(16)15-18-14-12(17)4-3-5-13(14)21(15)9-7-11-6-8-20(2)19-11/h3-6,8,10H,7,9H2,1-2H3. The molecule has 6 heteroatoms. The van der Waals surface area contributed by atoms with Crippen LogP contribution in [0.4, 0.5) is 4.39 Å². The van der Waals surface area contributed by atoms with Crippen LogP contribution in [0.5, 0.6) is 0 Å². The first-order valence-corrected chi connectivity index (χ1v) is 7.27. The van der Waals surface area contributed by atoms with Crippen molar-refractivity contribution in [2.24, 2.45) is 7.05 Å². The number of aromatic nitrogens is 4. The molecule has 0 bridgehead atoms. The number of alkyl halides is 1. The van der Waals surface area contributed by atoms with Gasteiger partial charge in [0.15, 0.2) is 5.82 Å². The van der Waals surface area contributed by atoms with Crippen molar-refractivity contribution in [1.82, 2.24) is 19.3 Å². The summed E-state index contributed by atoms with van der Waals surface area (Å²) in [7, 11) is 1.89. The quantitative estimate of drug-likeness (QED) is 0.692. The zero-order chi connectivity index (χ0) is 15.0. The monoisotopic (exact) mass is 306 g/mol. The summed E-state index contributed by atoms with van der Waals surface area (Å²) in [5, 5.41) is 4.08. The first-order chi connectivity index (χ1) is 10.1. The van der Waals surface area contributed by atoms with Gasteiger partial charge in [0.25, 0.3) is 0 Å². The summed E-state index contributed by atoms with van der Waals surface area (Å²) >= 11 is 6.19. The van der Waals surface area contributed by atoms with Gasteiger partial charge >= 0.3 is 0 Å². The Labute approximate surface area is 127 Å². The maximum Gasteiger partial charge on any atom is 0.151 e. The Bertz CT molecular complexity index is 775. The Morgan fingerprint density at radius 3 is 2.81 bits per heavy atom. The maximum atomic E-state index is 13.9. The molecule has 0 spiro atoms. The number of para-hydroxylation sites is 1. The Balaban J connectivity index is 1.99. The van der Waals surface area contributed by atoms with Crippen LogP contribution in [0, 0.1) is 5.82 Å². The lowest BCUT2D eigenvalue weighted by Crippen LogP contribution is -2.07. The Kier molecular flexibility index (Phi) is 3.68. The first-order valence-electron chi connectivity index (χ1n) is 6.83. The number of imidazole rings is 1. The summed E-state index contributed by atoms with van der Waals surface area (Å²) in [6.07, 6.45) is 2.66. The molecule has 1 atom stereocenters. The lowest BCUT2D eigenvalue weighted by Gasteiger charge is -2.09. The average molecular weight is 307 g/mol. The second-order valence-electron chi connectivity index (χ2n) is 5.08. The number of rotatable bonds is 4. The molecule has 2 aromatic heterocycles. The zero-order valence-electron chi connectivity index (χ0n) is 11.9. The molecule has 0 N–H and O–H groups in total. The molecule has 3 aromatic rings. The van der Waals surface area contributed by atoms with Crippen molar-refractivity contribution in [2.45, 2.75) is 25.3 Å². The summed E-state index contributed by atoms with van der Waals surface area (Å²) in [5.74, 6) is 0.371. The predicted molar refractivity (Wildman–Crippen MR) is 80.9 cm³/mol. The van der Waals surface area contributed by atoms with Gasteiger partial charge in [0.2, 0.25) is 0 Å². The summed E-state index contributed by atoms with van der Waals surface area (Å²) in [4.78, 5) is 4.36. The van der Waals surface area contributed by atoms with Crippen LogP contribution < -0.4 is 0 Å². The second kappa shape index (κ2) is 5.48. The molecule has 1 aromatic carbocycles. The number of hydrogen-bond acceptors (Lipinski definition) is 2. The Morgan fingerprint density at radius 2 is 2.14 bits per heavy atom. The van der Waals surface area contributed by atoms with Gasteiger partial charge in [0.05, 0.1) is 16.6 Å². The molecule has 0 aliphatic heterocycles. The van der Waals surface area contributed by atoms with Crippen molar-refractivity contribution >= 4 is 22.6 Å². The van der Waals surface area contributed by atoms with Gasteiger partial charge in [-0.3, -0.25) is 4.68 Å². The van der Waals surface area contributed by atoms with Crippen LogP contribution in [0.3, 0.4) is 0 Å². The number of aryl methyl sites for hydroxylation is 3. The van der Waals surface area contributed by atoms with E-state index in [0.29, 0.717) is 17.9 Å². The van der Waals surface area contributed by atoms with E-state index in [0.717, 1.165) is 17.6 Å². The molecular formula is C15H16ClFN4. The van der Waals surface area contributed by atoms with Crippen molar-refractivity contribution in [2.75, 3.05) is 0 Å². The summed E-state index contributed by atoms with van der Waals surface area (Å²) in [6.45, 7) is 2.52. The highest BCUT2D eigenvalue weighted by molar-refractivity contribution is 6.20. The Morgan fingerprint density at radius 1 is 1.33 bits per heavy atom. The molecule has 21 heavy (non-hydrogen) atoms. The highest BCUT2D eigenvalue weighted by atomic mass is 35.5. The van der Waals surface area contributed by atoms with Gasteiger partial charge in [-0.15, -0.1) is 11.6 Å². The first kappa shape index (κ1) is 14.1. The van der Waals surface area contributed by atoms with Crippen LogP contribution in [0.15, 0.2) is 30.5 Å². The number of benzene rings is 1. The van der Waals surface area contributed by atoms with E-state index in [9.17, 15) is 4.39 Å². The van der Waals surface area contributed by atoms with Gasteiger partial charge in [-0.1, -0.05) is 6.07 Å². The number of halogens is 2. The van der Waals surface area contributed by atoms with Crippen molar-refractivity contribution in [3.05, 3.63) is 47.8 Å². The van der Waals surface area contributed by atoms with Crippen molar-refractivity contribution in [1.29, 1.82) is 0 Å². The van der Waals surface area contributed by atoms with Crippen LogP contribution in [0.1, 0.15) is 23.8 Å². The molecule has 0 fully saturated rings. The average Bonchev–Trinajstić information content (AvgIpc) is 3.01. The number of fused-ring (bicyclic) bond motifs is 1. The normalized spacial score (nSPS) is 13.0. The van der Waals surface area contributed by atoms with Crippen molar-refractivity contribution in [3.63, 3.8) is 0 Å². The van der Waals surface area contributed by atoms with E-state index in [1.54, 1.807) is 10.7 Å². The smallest absolute Gasteiger partial charge is 0.151 e. The third kappa shape index (κ3) is 2.65. The fourth-order valence-electron chi connectivity index (χ4n) is 2.49. The van der Waals surface area contributed by atoms with Crippen LogP contribution >= 0.6 is 11.6 Å². The number of nitrogens with zero attached hydrogens (tertiary/aromatic N) is 4. The lowest BCUT2D eigenvalue weighted by atomic mass is 10.2. The maximum absolute atomic E-state index is 13.9. The van der Waals surface area contributed by atoms with E-state index in [4.69, 9.17) is 11.6 Å². The largest absolute Gasteiger partial charge is 0.326 e. The molecule has 0 saturated carbocycles. The van der Waals surface area contributed by atoms with Crippen LogP contribution in [-0.2, 0) is 20.0 Å². The second-order valence-corrected chi connectivity index (χ2v) is 5.73. The van der Waals surface area contributed by atoms with E-state index >= 15 is 0 Å². The fraction of sp³-hybridized carbons (Fsp3) is 0.333. The van der Waals surface area contributed by atoms with Crippen LogP contribution in [0.2, 0.25) is 0 Å². The van der Waals surface area contributed by atoms with E-state index in [2.05, 4.69) is 10.1 Å². The summed E-state index contributed by atoms with van der Waals surface area (Å²) in [5.41, 5.74) is 2.14. The molecule has 2 heterocycles. The molecule has 1 unspecified atom stereocenters. The minimum atomic E-state index is -0.317. The lowest BCUT2D eigenvalue weighted by molar-refractivity contribution is 0.637. The highest BCUT2D eigenvalue weighted by Crippen LogP contribution is 2.26. The van der Waals surface area contributed by atoms with Crippen molar-refractivity contribution < 1.29 is 4.39 Å². The molecule has 110 valence electrons. The SMILES string of the molecule is CC(Cl)c1nc2c(F)cccc2n1CCc1ccn(C)n1. The topological polar surface area (TPSA) is 35.6 Å². The zero-order valence-corrected chi connectivity index (χ0v) is 12.7. The molecule has 4 nitrogen and oxygen atoms in total. The molecule has 0 radical (unpaired) electrons. The highest BCUT2D eigenvalue weighted by Gasteiger charge is 2.17. The molecule has 3 rings (SSSR count). The van der Waals surface area contributed by atoms with Gasteiger partial charge in [-0.05, 0) is 25.1 Å². The molecule has 0 saturated heterocycles. The van der Waals surface area contributed by atoms with Gasteiger partial charge in [0.1, 0.15) is 11.3 Å². The van der Waals surface area contributed by atoms with Crippen LogP contribution in [-0.4, -0.2) is 19.3 Å². The number of hydrogen-bond donors (Lipinski definition) is 0. The minimum Gasteiger partial charge on any atom is -0.326 e. The van der Waals surface area contributed by atoms with E-state index in [-0.39, 0.29) is 11.2 Å². The fourth-order valence-corrected chi connectivity index (χ4v) is 2.66. The van der Waals surface area contributed by atoms with E-state index in [1.165, 1.54) is 6.07 Å².